The number of likely N-dealkylation sites (N-methyl/N-ethyl adjacent to an activating group) is 1. The number of carboxylic acid groups (broad SMARTS) is 1. The molecule has 1 unspecified atom stereocenters. The number of anilines is 1. The summed E-state index contributed by atoms with van der Waals surface area (Å²) in [6.45, 7) is 5.91. The molecule has 0 amide bonds. The van der Waals surface area contributed by atoms with Crippen molar-refractivity contribution in [3.05, 3.63) is 24.0 Å². The lowest BCUT2D eigenvalue weighted by atomic mass is 10.2. The monoisotopic (exact) mass is 251 g/mol. The number of pyridine rings is 1. The van der Waals surface area contributed by atoms with Crippen molar-refractivity contribution in [2.45, 2.75) is 26.3 Å². The van der Waals surface area contributed by atoms with Crippen molar-refractivity contribution in [1.29, 1.82) is 0 Å². The molecule has 1 rings (SSSR count). The minimum absolute atomic E-state index is 0.212. The Kier molecular flexibility index (Phi) is 5.58. The average Bonchev–Trinajstić information content (AvgIpc) is 2.38. The highest BCUT2D eigenvalue weighted by atomic mass is 16.4. The number of hydrogen-bond donors (Lipinski definition) is 2. The normalized spacial score (nSPS) is 12.4. The van der Waals surface area contributed by atoms with Crippen LogP contribution in [0.15, 0.2) is 18.5 Å². The molecule has 0 aromatic carbocycles. The first-order chi connectivity index (χ1) is 8.56. The number of rotatable bonds is 7. The largest absolute Gasteiger partial charge is 0.478 e. The molecule has 0 bridgehead atoms. The van der Waals surface area contributed by atoms with Crippen molar-refractivity contribution < 1.29 is 9.90 Å². The first-order valence-corrected chi connectivity index (χ1v) is 6.17. The van der Waals surface area contributed by atoms with E-state index in [0.717, 1.165) is 13.0 Å². The van der Waals surface area contributed by atoms with E-state index in [1.807, 2.05) is 0 Å². The molecule has 2 N–H and O–H groups in total. The molecular formula is C13H21N3O2. The second-order valence-corrected chi connectivity index (χ2v) is 4.39. The Morgan fingerprint density at radius 3 is 2.94 bits per heavy atom. The van der Waals surface area contributed by atoms with Crippen LogP contribution in [0.3, 0.4) is 0 Å². The third-order valence-electron chi connectivity index (χ3n) is 3.17. The maximum Gasteiger partial charge on any atom is 0.339 e. The quantitative estimate of drug-likeness (QED) is 0.775. The topological polar surface area (TPSA) is 65.5 Å². The first kappa shape index (κ1) is 14.4. The summed E-state index contributed by atoms with van der Waals surface area (Å²) >= 11 is 0. The molecule has 0 saturated heterocycles. The fourth-order valence-corrected chi connectivity index (χ4v) is 1.62. The Balaban J connectivity index is 2.51. The van der Waals surface area contributed by atoms with E-state index in [-0.39, 0.29) is 5.56 Å². The van der Waals surface area contributed by atoms with E-state index < -0.39 is 5.97 Å². The SMILES string of the molecule is CCC(C)N(C)CCNc1ccncc1C(=O)O. The van der Waals surface area contributed by atoms with Gasteiger partial charge in [0, 0.05) is 31.5 Å². The third kappa shape index (κ3) is 4.00. The Morgan fingerprint density at radius 2 is 2.33 bits per heavy atom. The van der Waals surface area contributed by atoms with E-state index in [9.17, 15) is 4.79 Å². The predicted molar refractivity (Wildman–Crippen MR) is 72.1 cm³/mol. The van der Waals surface area contributed by atoms with Gasteiger partial charge in [-0.2, -0.15) is 0 Å². The number of nitrogens with zero attached hydrogens (tertiary/aromatic N) is 2. The molecule has 1 aromatic heterocycles. The van der Waals surface area contributed by atoms with Crippen LogP contribution >= 0.6 is 0 Å². The van der Waals surface area contributed by atoms with E-state index in [1.165, 1.54) is 6.20 Å². The Labute approximate surface area is 108 Å². The van der Waals surface area contributed by atoms with Crippen molar-refractivity contribution in [2.75, 3.05) is 25.5 Å². The van der Waals surface area contributed by atoms with Gasteiger partial charge < -0.3 is 15.3 Å². The Hall–Kier alpha value is -1.62. The molecule has 0 fully saturated rings. The van der Waals surface area contributed by atoms with Crippen molar-refractivity contribution in [3.63, 3.8) is 0 Å². The standard InChI is InChI=1S/C13H21N3O2/c1-4-10(2)16(3)8-7-15-12-5-6-14-9-11(12)13(17)18/h5-6,9-10H,4,7-8H2,1-3H3,(H,14,15)(H,17,18). The number of nitrogens with one attached hydrogen (secondary N) is 1. The molecule has 0 radical (unpaired) electrons. The zero-order chi connectivity index (χ0) is 13.5. The molecule has 1 atom stereocenters. The highest BCUT2D eigenvalue weighted by molar-refractivity contribution is 5.93. The average molecular weight is 251 g/mol. The second kappa shape index (κ2) is 6.96. The lowest BCUT2D eigenvalue weighted by molar-refractivity contribution is 0.0697. The van der Waals surface area contributed by atoms with Crippen molar-refractivity contribution in [2.24, 2.45) is 0 Å². The molecule has 0 saturated carbocycles. The van der Waals surface area contributed by atoms with Gasteiger partial charge in [0.05, 0.1) is 5.69 Å². The van der Waals surface area contributed by atoms with Gasteiger partial charge in [-0.05, 0) is 26.5 Å². The summed E-state index contributed by atoms with van der Waals surface area (Å²) in [5.74, 6) is -0.958. The smallest absolute Gasteiger partial charge is 0.339 e. The van der Waals surface area contributed by atoms with E-state index in [4.69, 9.17) is 5.11 Å². The Bertz CT molecular complexity index is 396. The van der Waals surface area contributed by atoms with E-state index in [0.29, 0.717) is 18.3 Å². The van der Waals surface area contributed by atoms with Gasteiger partial charge in [0.1, 0.15) is 5.56 Å². The lowest BCUT2D eigenvalue weighted by Gasteiger charge is -2.23. The van der Waals surface area contributed by atoms with Gasteiger partial charge in [-0.3, -0.25) is 4.98 Å². The van der Waals surface area contributed by atoms with Crippen LogP contribution < -0.4 is 5.32 Å². The first-order valence-electron chi connectivity index (χ1n) is 6.17. The maximum atomic E-state index is 11.0. The molecule has 1 heterocycles. The molecule has 0 aliphatic heterocycles. The van der Waals surface area contributed by atoms with Crippen molar-refractivity contribution in [1.82, 2.24) is 9.88 Å². The number of hydrogen-bond acceptors (Lipinski definition) is 4. The van der Waals surface area contributed by atoms with Crippen LogP contribution in [0.4, 0.5) is 5.69 Å². The van der Waals surface area contributed by atoms with Gasteiger partial charge >= 0.3 is 5.97 Å². The summed E-state index contributed by atoms with van der Waals surface area (Å²) in [6, 6.07) is 2.22. The predicted octanol–water partition coefficient (Wildman–Crippen LogP) is 1.92. The second-order valence-electron chi connectivity index (χ2n) is 4.39. The Morgan fingerprint density at radius 1 is 1.61 bits per heavy atom. The number of aromatic nitrogens is 1. The summed E-state index contributed by atoms with van der Waals surface area (Å²) in [5, 5.41) is 12.2. The van der Waals surface area contributed by atoms with Gasteiger partial charge in [0.15, 0.2) is 0 Å². The summed E-state index contributed by atoms with van der Waals surface area (Å²) < 4.78 is 0. The summed E-state index contributed by atoms with van der Waals surface area (Å²) in [5.41, 5.74) is 0.832. The molecule has 100 valence electrons. The molecule has 18 heavy (non-hydrogen) atoms. The lowest BCUT2D eigenvalue weighted by Crippen LogP contribution is -2.32. The van der Waals surface area contributed by atoms with Gasteiger partial charge in [-0.25, -0.2) is 4.79 Å². The highest BCUT2D eigenvalue weighted by Gasteiger charge is 2.10. The van der Waals surface area contributed by atoms with E-state index >= 15 is 0 Å². The molecule has 1 aromatic rings. The van der Waals surface area contributed by atoms with Gasteiger partial charge in [-0.15, -0.1) is 0 Å². The van der Waals surface area contributed by atoms with Crippen LogP contribution in [0.5, 0.6) is 0 Å². The highest BCUT2D eigenvalue weighted by Crippen LogP contribution is 2.12. The van der Waals surface area contributed by atoms with Crippen LogP contribution in [0.1, 0.15) is 30.6 Å². The van der Waals surface area contributed by atoms with Gasteiger partial charge in [0.2, 0.25) is 0 Å². The van der Waals surface area contributed by atoms with Crippen LogP contribution in [-0.2, 0) is 0 Å². The van der Waals surface area contributed by atoms with Gasteiger partial charge in [0.25, 0.3) is 0 Å². The summed E-state index contributed by atoms with van der Waals surface area (Å²) in [7, 11) is 2.07. The fraction of sp³-hybridized carbons (Fsp3) is 0.538. The number of carboxylic acids is 1. The van der Waals surface area contributed by atoms with Crippen molar-refractivity contribution in [3.8, 4) is 0 Å². The van der Waals surface area contributed by atoms with Crippen LogP contribution in [0.2, 0.25) is 0 Å². The van der Waals surface area contributed by atoms with Crippen molar-refractivity contribution >= 4 is 11.7 Å². The van der Waals surface area contributed by atoms with E-state index in [2.05, 4.69) is 36.1 Å². The summed E-state index contributed by atoms with van der Waals surface area (Å²) in [6.07, 6.45) is 4.06. The van der Waals surface area contributed by atoms with Crippen LogP contribution in [-0.4, -0.2) is 47.1 Å². The molecule has 0 spiro atoms. The fourth-order valence-electron chi connectivity index (χ4n) is 1.62. The van der Waals surface area contributed by atoms with Crippen LogP contribution in [0, 0.1) is 0 Å². The summed E-state index contributed by atoms with van der Waals surface area (Å²) in [4.78, 5) is 17.0. The molecule has 0 aliphatic rings. The molecular weight excluding hydrogens is 230 g/mol. The molecule has 0 aliphatic carbocycles. The van der Waals surface area contributed by atoms with E-state index in [1.54, 1.807) is 12.3 Å². The third-order valence-corrected chi connectivity index (χ3v) is 3.17. The molecule has 5 heteroatoms. The number of aromatic carboxylic acids is 1. The maximum absolute atomic E-state index is 11.0. The zero-order valence-corrected chi connectivity index (χ0v) is 11.2. The van der Waals surface area contributed by atoms with Crippen LogP contribution in [0.25, 0.3) is 0 Å². The number of carbonyl (C=O) groups is 1. The molecule has 5 nitrogen and oxygen atoms in total. The minimum Gasteiger partial charge on any atom is -0.478 e. The minimum atomic E-state index is -0.958. The van der Waals surface area contributed by atoms with Gasteiger partial charge in [-0.1, -0.05) is 6.92 Å². The zero-order valence-electron chi connectivity index (χ0n) is 11.2.